The number of Topliss-reactive ketones (excluding diaryl/α,β-unsaturated/α-hetero) is 2. The van der Waals surface area contributed by atoms with E-state index in [-0.39, 0.29) is 23.3 Å². The molecule has 0 amide bonds. The normalized spacial score (nSPS) is 16.8. The first kappa shape index (κ1) is 13.9. The Morgan fingerprint density at radius 2 is 1.90 bits per heavy atom. The molecule has 104 valence electrons. The summed E-state index contributed by atoms with van der Waals surface area (Å²) in [5.41, 5.74) is 0.0909. The topological polar surface area (TPSA) is 86.7 Å². The van der Waals surface area contributed by atoms with Crippen LogP contribution in [0.5, 0.6) is 5.75 Å². The number of esters is 2. The van der Waals surface area contributed by atoms with Gasteiger partial charge in [-0.25, -0.2) is 0 Å². The molecule has 0 N–H and O–H groups in total. The Labute approximate surface area is 114 Å². The lowest BCUT2D eigenvalue weighted by atomic mass is 10.1. The summed E-state index contributed by atoms with van der Waals surface area (Å²) in [5.74, 6) is -2.50. The molecule has 6 heteroatoms. The molecule has 1 aliphatic rings. The third-order valence-electron chi connectivity index (χ3n) is 2.81. The molecule has 0 aliphatic heterocycles. The van der Waals surface area contributed by atoms with Gasteiger partial charge < -0.3 is 9.47 Å². The van der Waals surface area contributed by atoms with Crippen LogP contribution in [0.15, 0.2) is 18.2 Å². The fourth-order valence-corrected chi connectivity index (χ4v) is 1.93. The minimum Gasteiger partial charge on any atom is -0.446 e. The van der Waals surface area contributed by atoms with Crippen molar-refractivity contribution < 1.29 is 28.7 Å². The van der Waals surface area contributed by atoms with Gasteiger partial charge in [-0.1, -0.05) is 19.1 Å². The van der Waals surface area contributed by atoms with Crippen LogP contribution in [-0.2, 0) is 14.3 Å². The summed E-state index contributed by atoms with van der Waals surface area (Å²) < 4.78 is 9.75. The van der Waals surface area contributed by atoms with E-state index >= 15 is 0 Å². The zero-order valence-corrected chi connectivity index (χ0v) is 11.0. The van der Waals surface area contributed by atoms with Crippen LogP contribution in [0.4, 0.5) is 0 Å². The molecular formula is C14H12O6. The Kier molecular flexibility index (Phi) is 3.65. The van der Waals surface area contributed by atoms with Crippen molar-refractivity contribution in [3.63, 3.8) is 0 Å². The molecule has 6 nitrogen and oxygen atoms in total. The van der Waals surface area contributed by atoms with Crippen LogP contribution < -0.4 is 4.74 Å². The van der Waals surface area contributed by atoms with Gasteiger partial charge in [-0.05, 0) is 6.07 Å². The van der Waals surface area contributed by atoms with Crippen LogP contribution in [0.25, 0.3) is 0 Å². The maximum absolute atomic E-state index is 12.1. The van der Waals surface area contributed by atoms with E-state index < -0.39 is 29.6 Å². The first-order valence-corrected chi connectivity index (χ1v) is 6.05. The highest BCUT2D eigenvalue weighted by atomic mass is 16.6. The number of ether oxygens (including phenoxy) is 2. The van der Waals surface area contributed by atoms with Gasteiger partial charge in [0.05, 0.1) is 5.56 Å². The highest BCUT2D eigenvalue weighted by Gasteiger charge is 2.43. The number of rotatable bonds is 3. The second-order valence-electron chi connectivity index (χ2n) is 4.22. The third-order valence-corrected chi connectivity index (χ3v) is 2.81. The lowest BCUT2D eigenvalue weighted by Gasteiger charge is -2.07. The molecule has 0 bridgehead atoms. The van der Waals surface area contributed by atoms with Gasteiger partial charge in [0.25, 0.3) is 0 Å². The minimum atomic E-state index is -1.48. The Morgan fingerprint density at radius 1 is 1.20 bits per heavy atom. The second kappa shape index (κ2) is 5.24. The van der Waals surface area contributed by atoms with Gasteiger partial charge in [0, 0.05) is 18.9 Å². The van der Waals surface area contributed by atoms with E-state index in [0.717, 1.165) is 6.92 Å². The van der Waals surface area contributed by atoms with E-state index in [1.807, 2.05) is 0 Å². The average Bonchev–Trinajstić information content (AvgIpc) is 2.64. The first-order valence-electron chi connectivity index (χ1n) is 6.05. The van der Waals surface area contributed by atoms with E-state index in [0.29, 0.717) is 0 Å². The Hall–Kier alpha value is -2.50. The molecule has 1 aromatic carbocycles. The van der Waals surface area contributed by atoms with E-state index in [1.54, 1.807) is 6.92 Å². The Morgan fingerprint density at radius 3 is 2.50 bits per heavy atom. The molecule has 0 saturated heterocycles. The van der Waals surface area contributed by atoms with Gasteiger partial charge in [-0.15, -0.1) is 0 Å². The summed E-state index contributed by atoms with van der Waals surface area (Å²) in [6.07, 6.45) is -1.34. The molecule has 1 unspecified atom stereocenters. The maximum Gasteiger partial charge on any atom is 0.310 e. The summed E-state index contributed by atoms with van der Waals surface area (Å²) in [4.78, 5) is 46.4. The number of ketones is 2. The van der Waals surface area contributed by atoms with Crippen LogP contribution in [-0.4, -0.2) is 29.6 Å². The molecule has 0 fully saturated rings. The van der Waals surface area contributed by atoms with Crippen LogP contribution in [0.3, 0.4) is 0 Å². The molecule has 1 atom stereocenters. The van der Waals surface area contributed by atoms with Gasteiger partial charge in [0.2, 0.25) is 17.7 Å². The highest BCUT2D eigenvalue weighted by Crippen LogP contribution is 2.32. The molecule has 0 saturated carbocycles. The molecule has 0 spiro atoms. The predicted octanol–water partition coefficient (Wildman–Crippen LogP) is 1.31. The predicted molar refractivity (Wildman–Crippen MR) is 66.6 cm³/mol. The largest absolute Gasteiger partial charge is 0.446 e. The zero-order valence-electron chi connectivity index (χ0n) is 11.0. The number of benzene rings is 1. The quantitative estimate of drug-likeness (QED) is 0.470. The standard InChI is InChI=1S/C14H12O6/c1-3-10(16)20-9-6-4-5-8-11(9)13(18)14(12(8)17)19-7(2)15/h4-6,14H,3H2,1-2H3. The molecule has 0 aromatic heterocycles. The fraction of sp³-hybridized carbons (Fsp3) is 0.286. The number of carbonyl (C=O) groups excluding carboxylic acids is 4. The number of carbonyl (C=O) groups is 4. The van der Waals surface area contributed by atoms with E-state index in [1.165, 1.54) is 18.2 Å². The third kappa shape index (κ3) is 2.32. The highest BCUT2D eigenvalue weighted by molar-refractivity contribution is 6.30. The lowest BCUT2D eigenvalue weighted by Crippen LogP contribution is -2.27. The van der Waals surface area contributed by atoms with Gasteiger partial charge in [0.1, 0.15) is 5.75 Å². The van der Waals surface area contributed by atoms with Crippen molar-refractivity contribution >= 4 is 23.5 Å². The zero-order chi connectivity index (χ0) is 14.9. The molecule has 2 rings (SSSR count). The van der Waals surface area contributed by atoms with Crippen LogP contribution in [0, 0.1) is 0 Å². The molecule has 0 radical (unpaired) electrons. The van der Waals surface area contributed by atoms with E-state index in [2.05, 4.69) is 0 Å². The molecule has 0 heterocycles. The number of fused-ring (bicyclic) bond motifs is 1. The van der Waals surface area contributed by atoms with Crippen LogP contribution in [0.2, 0.25) is 0 Å². The summed E-state index contributed by atoms with van der Waals surface area (Å²) in [7, 11) is 0. The molecule has 1 aromatic rings. The first-order chi connectivity index (χ1) is 9.45. The SMILES string of the molecule is CCC(=O)Oc1cccc2c1C(=O)C(OC(C)=O)C2=O. The summed E-state index contributed by atoms with van der Waals surface area (Å²) in [5, 5.41) is 0. The van der Waals surface area contributed by atoms with Gasteiger partial charge in [0.15, 0.2) is 0 Å². The summed E-state index contributed by atoms with van der Waals surface area (Å²) >= 11 is 0. The average molecular weight is 276 g/mol. The Bertz CT molecular complexity index is 616. The van der Waals surface area contributed by atoms with Crippen molar-refractivity contribution in [3.05, 3.63) is 29.3 Å². The van der Waals surface area contributed by atoms with Crippen molar-refractivity contribution in [3.8, 4) is 5.75 Å². The molecule has 20 heavy (non-hydrogen) atoms. The monoisotopic (exact) mass is 276 g/mol. The van der Waals surface area contributed by atoms with E-state index in [4.69, 9.17) is 9.47 Å². The van der Waals surface area contributed by atoms with Crippen molar-refractivity contribution in [2.24, 2.45) is 0 Å². The van der Waals surface area contributed by atoms with Gasteiger partial charge >= 0.3 is 11.9 Å². The maximum atomic E-state index is 12.1. The minimum absolute atomic E-state index is 0.00875. The van der Waals surface area contributed by atoms with E-state index in [9.17, 15) is 19.2 Å². The van der Waals surface area contributed by atoms with Crippen LogP contribution in [0.1, 0.15) is 41.0 Å². The smallest absolute Gasteiger partial charge is 0.310 e. The number of hydrogen-bond acceptors (Lipinski definition) is 6. The summed E-state index contributed by atoms with van der Waals surface area (Å²) in [6.45, 7) is 2.72. The van der Waals surface area contributed by atoms with Crippen molar-refractivity contribution in [2.45, 2.75) is 26.4 Å². The van der Waals surface area contributed by atoms with Crippen molar-refractivity contribution in [1.29, 1.82) is 0 Å². The lowest BCUT2D eigenvalue weighted by molar-refractivity contribution is -0.142. The van der Waals surface area contributed by atoms with Gasteiger partial charge in [-0.2, -0.15) is 0 Å². The fourth-order valence-electron chi connectivity index (χ4n) is 1.93. The summed E-state index contributed by atoms with van der Waals surface area (Å²) in [6, 6.07) is 4.36. The van der Waals surface area contributed by atoms with Crippen LogP contribution >= 0.6 is 0 Å². The second-order valence-corrected chi connectivity index (χ2v) is 4.22. The van der Waals surface area contributed by atoms with Gasteiger partial charge in [-0.3, -0.25) is 19.2 Å². The van der Waals surface area contributed by atoms with Crippen molar-refractivity contribution in [2.75, 3.05) is 0 Å². The molecular weight excluding hydrogens is 264 g/mol. The number of hydrogen-bond donors (Lipinski definition) is 0. The molecule has 1 aliphatic carbocycles. The Balaban J connectivity index is 2.42. The van der Waals surface area contributed by atoms with Crippen molar-refractivity contribution in [1.82, 2.24) is 0 Å².